The van der Waals surface area contributed by atoms with Crippen molar-refractivity contribution in [3.63, 3.8) is 0 Å². The van der Waals surface area contributed by atoms with Gasteiger partial charge in [0.05, 0.1) is 5.56 Å². The molecular formula is C16H15N3O. The summed E-state index contributed by atoms with van der Waals surface area (Å²) in [5.74, 6) is 0.326. The molecule has 4 heteroatoms. The molecule has 100 valence electrons. The van der Waals surface area contributed by atoms with Crippen LogP contribution in [0.25, 0.3) is 22.4 Å². The summed E-state index contributed by atoms with van der Waals surface area (Å²) in [6.07, 6.45) is 3.57. The SMILES string of the molecule is Cc1cncc(-c2noc(N)c2-c2cccc(C)c2)c1. The summed E-state index contributed by atoms with van der Waals surface area (Å²) in [7, 11) is 0. The molecule has 0 aliphatic rings. The van der Waals surface area contributed by atoms with Gasteiger partial charge in [-0.25, -0.2) is 0 Å². The molecule has 2 heterocycles. The Hall–Kier alpha value is -2.62. The standard InChI is InChI=1S/C16H15N3O/c1-10-4-3-5-12(6-10)14-15(19-20-16(14)17)13-7-11(2)8-18-9-13/h3-9H,17H2,1-2H3. The van der Waals surface area contributed by atoms with Crippen LogP contribution in [0.3, 0.4) is 0 Å². The lowest BCUT2D eigenvalue weighted by Gasteiger charge is -2.04. The molecule has 0 bridgehead atoms. The lowest BCUT2D eigenvalue weighted by Crippen LogP contribution is -1.89. The molecule has 0 unspecified atom stereocenters. The molecule has 0 aliphatic heterocycles. The first-order chi connectivity index (χ1) is 9.65. The van der Waals surface area contributed by atoms with Crippen LogP contribution in [0.4, 0.5) is 5.88 Å². The second-order valence-electron chi connectivity index (χ2n) is 4.89. The van der Waals surface area contributed by atoms with Crippen LogP contribution in [-0.2, 0) is 0 Å². The first-order valence-electron chi connectivity index (χ1n) is 6.39. The maximum absolute atomic E-state index is 5.95. The summed E-state index contributed by atoms with van der Waals surface area (Å²) in [4.78, 5) is 4.20. The Morgan fingerprint density at radius 1 is 1.00 bits per heavy atom. The fraction of sp³-hybridized carbons (Fsp3) is 0.125. The molecule has 0 saturated heterocycles. The number of nitrogens with two attached hydrogens (primary N) is 1. The van der Waals surface area contributed by atoms with Crippen molar-refractivity contribution in [3.05, 3.63) is 53.9 Å². The van der Waals surface area contributed by atoms with E-state index in [1.54, 1.807) is 12.4 Å². The minimum atomic E-state index is 0.326. The highest BCUT2D eigenvalue weighted by Gasteiger charge is 2.17. The number of rotatable bonds is 2. The van der Waals surface area contributed by atoms with Gasteiger partial charge in [0.2, 0.25) is 5.88 Å². The zero-order valence-corrected chi connectivity index (χ0v) is 11.4. The van der Waals surface area contributed by atoms with E-state index in [0.29, 0.717) is 5.88 Å². The Bertz CT molecular complexity index is 762. The number of hydrogen-bond donors (Lipinski definition) is 1. The van der Waals surface area contributed by atoms with E-state index in [9.17, 15) is 0 Å². The third kappa shape index (κ3) is 2.16. The molecular weight excluding hydrogens is 250 g/mol. The third-order valence-corrected chi connectivity index (χ3v) is 3.17. The molecule has 2 N–H and O–H groups in total. The Morgan fingerprint density at radius 2 is 1.80 bits per heavy atom. The summed E-state index contributed by atoms with van der Waals surface area (Å²) in [5, 5.41) is 4.09. The number of hydrogen-bond acceptors (Lipinski definition) is 4. The van der Waals surface area contributed by atoms with Crippen LogP contribution >= 0.6 is 0 Å². The van der Waals surface area contributed by atoms with Gasteiger partial charge in [0.1, 0.15) is 5.69 Å². The monoisotopic (exact) mass is 265 g/mol. The van der Waals surface area contributed by atoms with Gasteiger partial charge in [-0.1, -0.05) is 35.0 Å². The average molecular weight is 265 g/mol. The van der Waals surface area contributed by atoms with E-state index in [1.165, 1.54) is 0 Å². The van der Waals surface area contributed by atoms with Gasteiger partial charge in [0.25, 0.3) is 0 Å². The minimum Gasteiger partial charge on any atom is -0.367 e. The average Bonchev–Trinajstić information content (AvgIpc) is 2.80. The van der Waals surface area contributed by atoms with Gasteiger partial charge < -0.3 is 10.3 Å². The maximum Gasteiger partial charge on any atom is 0.230 e. The van der Waals surface area contributed by atoms with Gasteiger partial charge in [0.15, 0.2) is 0 Å². The number of aryl methyl sites for hydroxylation is 2. The summed E-state index contributed by atoms with van der Waals surface area (Å²) in [5.41, 5.74) is 11.6. The van der Waals surface area contributed by atoms with Crippen LogP contribution in [-0.4, -0.2) is 10.1 Å². The first kappa shape index (κ1) is 12.4. The van der Waals surface area contributed by atoms with E-state index in [2.05, 4.69) is 16.2 Å². The number of anilines is 1. The molecule has 0 aliphatic carbocycles. The summed E-state index contributed by atoms with van der Waals surface area (Å²) in [6, 6.07) is 10.1. The lowest BCUT2D eigenvalue weighted by atomic mass is 10.00. The molecule has 0 amide bonds. The van der Waals surface area contributed by atoms with Crippen molar-refractivity contribution in [3.8, 4) is 22.4 Å². The molecule has 0 saturated carbocycles. The molecule has 0 radical (unpaired) electrons. The molecule has 3 aromatic rings. The first-order valence-corrected chi connectivity index (χ1v) is 6.39. The largest absolute Gasteiger partial charge is 0.367 e. The number of benzene rings is 1. The van der Waals surface area contributed by atoms with Crippen molar-refractivity contribution in [2.24, 2.45) is 0 Å². The Morgan fingerprint density at radius 3 is 2.55 bits per heavy atom. The quantitative estimate of drug-likeness (QED) is 0.768. The predicted molar refractivity (Wildman–Crippen MR) is 79.1 cm³/mol. The van der Waals surface area contributed by atoms with Crippen LogP contribution in [0.1, 0.15) is 11.1 Å². The van der Waals surface area contributed by atoms with Crippen molar-refractivity contribution < 1.29 is 4.52 Å². The molecule has 3 rings (SSSR count). The van der Waals surface area contributed by atoms with Crippen molar-refractivity contribution in [2.75, 3.05) is 5.73 Å². The summed E-state index contributed by atoms with van der Waals surface area (Å²) < 4.78 is 5.18. The summed E-state index contributed by atoms with van der Waals surface area (Å²) in [6.45, 7) is 4.04. The van der Waals surface area contributed by atoms with E-state index >= 15 is 0 Å². The number of aromatic nitrogens is 2. The minimum absolute atomic E-state index is 0.326. The van der Waals surface area contributed by atoms with Crippen molar-refractivity contribution in [2.45, 2.75) is 13.8 Å². The highest BCUT2D eigenvalue weighted by Crippen LogP contribution is 2.36. The third-order valence-electron chi connectivity index (χ3n) is 3.17. The Kier molecular flexibility index (Phi) is 2.99. The van der Waals surface area contributed by atoms with Crippen LogP contribution in [0.15, 0.2) is 47.2 Å². The van der Waals surface area contributed by atoms with Crippen LogP contribution in [0.2, 0.25) is 0 Å². The van der Waals surface area contributed by atoms with Gasteiger partial charge in [-0.05, 0) is 31.0 Å². The zero-order chi connectivity index (χ0) is 14.1. The fourth-order valence-corrected chi connectivity index (χ4v) is 2.26. The lowest BCUT2D eigenvalue weighted by molar-refractivity contribution is 0.439. The zero-order valence-electron chi connectivity index (χ0n) is 11.4. The van der Waals surface area contributed by atoms with Gasteiger partial charge in [-0.2, -0.15) is 0 Å². The summed E-state index contributed by atoms with van der Waals surface area (Å²) >= 11 is 0. The molecule has 0 spiro atoms. The normalized spacial score (nSPS) is 10.7. The van der Waals surface area contributed by atoms with Gasteiger partial charge in [-0.15, -0.1) is 0 Å². The van der Waals surface area contributed by atoms with Gasteiger partial charge >= 0.3 is 0 Å². The predicted octanol–water partition coefficient (Wildman–Crippen LogP) is 3.60. The van der Waals surface area contributed by atoms with E-state index in [4.69, 9.17) is 10.3 Å². The van der Waals surface area contributed by atoms with E-state index in [-0.39, 0.29) is 0 Å². The second kappa shape index (κ2) is 4.81. The number of nitrogens with zero attached hydrogens (tertiary/aromatic N) is 2. The van der Waals surface area contributed by atoms with Crippen LogP contribution < -0.4 is 5.73 Å². The van der Waals surface area contributed by atoms with Crippen molar-refractivity contribution in [1.82, 2.24) is 10.1 Å². The number of nitrogen functional groups attached to an aromatic ring is 1. The molecule has 20 heavy (non-hydrogen) atoms. The highest BCUT2D eigenvalue weighted by atomic mass is 16.5. The fourth-order valence-electron chi connectivity index (χ4n) is 2.26. The van der Waals surface area contributed by atoms with Gasteiger partial charge in [-0.3, -0.25) is 4.98 Å². The Balaban J connectivity index is 2.20. The molecule has 1 aromatic carbocycles. The van der Waals surface area contributed by atoms with Crippen LogP contribution in [0.5, 0.6) is 0 Å². The second-order valence-corrected chi connectivity index (χ2v) is 4.89. The van der Waals surface area contributed by atoms with Crippen molar-refractivity contribution in [1.29, 1.82) is 0 Å². The van der Waals surface area contributed by atoms with Crippen LogP contribution in [0, 0.1) is 13.8 Å². The van der Waals surface area contributed by atoms with Crippen molar-refractivity contribution >= 4 is 5.88 Å². The molecule has 0 atom stereocenters. The molecule has 0 fully saturated rings. The number of pyridine rings is 1. The van der Waals surface area contributed by atoms with E-state index in [0.717, 1.165) is 33.5 Å². The topological polar surface area (TPSA) is 64.9 Å². The Labute approximate surface area is 117 Å². The molecule has 2 aromatic heterocycles. The highest BCUT2D eigenvalue weighted by molar-refractivity contribution is 5.86. The maximum atomic E-state index is 5.95. The van der Waals surface area contributed by atoms with Gasteiger partial charge in [0, 0.05) is 18.0 Å². The van der Waals surface area contributed by atoms with E-state index < -0.39 is 0 Å². The van der Waals surface area contributed by atoms with E-state index in [1.807, 2.05) is 38.1 Å². The molecule has 4 nitrogen and oxygen atoms in total. The smallest absolute Gasteiger partial charge is 0.230 e.